The van der Waals surface area contributed by atoms with Gasteiger partial charge in [0.15, 0.2) is 0 Å². The summed E-state index contributed by atoms with van der Waals surface area (Å²) in [6, 6.07) is 6.80. The lowest BCUT2D eigenvalue weighted by atomic mass is 10.2. The summed E-state index contributed by atoms with van der Waals surface area (Å²) in [5, 5.41) is 3.10. The van der Waals surface area contributed by atoms with E-state index in [1.54, 1.807) is 18.3 Å². The molecule has 5 heteroatoms. The Hall–Kier alpha value is -0.940. The van der Waals surface area contributed by atoms with Crippen LogP contribution in [0, 0.1) is 12.7 Å². The fourth-order valence-corrected chi connectivity index (χ4v) is 2.13. The Kier molecular flexibility index (Phi) is 4.35. The summed E-state index contributed by atoms with van der Waals surface area (Å²) in [6.07, 6.45) is 1.73. The van der Waals surface area contributed by atoms with Crippen LogP contribution < -0.4 is 5.32 Å². The second-order valence-electron chi connectivity index (χ2n) is 3.91. The normalized spacial score (nSPS) is 10.4. The van der Waals surface area contributed by atoms with Gasteiger partial charge < -0.3 is 5.32 Å². The second-order valence-corrected chi connectivity index (χ2v) is 5.68. The van der Waals surface area contributed by atoms with Gasteiger partial charge in [0, 0.05) is 27.3 Å². The lowest BCUT2D eigenvalue weighted by molar-refractivity contribution is 0.612. The van der Waals surface area contributed by atoms with Gasteiger partial charge >= 0.3 is 0 Å². The number of aryl methyl sites for hydroxylation is 1. The van der Waals surface area contributed by atoms with Crippen molar-refractivity contribution in [2.45, 2.75) is 13.5 Å². The lowest BCUT2D eigenvalue weighted by Gasteiger charge is -2.08. The maximum absolute atomic E-state index is 13.5. The summed E-state index contributed by atoms with van der Waals surface area (Å²) in [5.41, 5.74) is 1.69. The number of hydrogen-bond acceptors (Lipinski definition) is 2. The molecule has 0 aliphatic heterocycles. The van der Waals surface area contributed by atoms with Crippen molar-refractivity contribution in [3.8, 4) is 0 Å². The van der Waals surface area contributed by atoms with Gasteiger partial charge in [0.25, 0.3) is 0 Å². The Morgan fingerprint density at radius 3 is 2.78 bits per heavy atom. The molecule has 0 unspecified atom stereocenters. The number of aromatic nitrogens is 1. The van der Waals surface area contributed by atoms with Crippen LogP contribution in [0.1, 0.15) is 11.1 Å². The molecule has 0 bridgehead atoms. The van der Waals surface area contributed by atoms with Crippen LogP contribution in [0.5, 0.6) is 0 Å². The monoisotopic (exact) mass is 372 g/mol. The highest BCUT2D eigenvalue weighted by molar-refractivity contribution is 9.10. The van der Waals surface area contributed by atoms with E-state index in [0.717, 1.165) is 20.3 Å². The molecule has 1 aromatic heterocycles. The Morgan fingerprint density at radius 1 is 1.28 bits per heavy atom. The van der Waals surface area contributed by atoms with Gasteiger partial charge in [-0.25, -0.2) is 9.37 Å². The summed E-state index contributed by atoms with van der Waals surface area (Å²) in [4.78, 5) is 4.21. The Labute approximate surface area is 122 Å². The van der Waals surface area contributed by atoms with Crippen molar-refractivity contribution in [2.24, 2.45) is 0 Å². The number of hydrogen-bond donors (Lipinski definition) is 1. The van der Waals surface area contributed by atoms with Crippen LogP contribution in [0.3, 0.4) is 0 Å². The van der Waals surface area contributed by atoms with Gasteiger partial charge in [-0.2, -0.15) is 0 Å². The Balaban J connectivity index is 2.11. The summed E-state index contributed by atoms with van der Waals surface area (Å²) in [5.74, 6) is 0.509. The largest absolute Gasteiger partial charge is 0.366 e. The van der Waals surface area contributed by atoms with Crippen LogP contribution in [-0.4, -0.2) is 4.98 Å². The first-order chi connectivity index (χ1) is 8.56. The highest BCUT2D eigenvalue weighted by atomic mass is 79.9. The van der Waals surface area contributed by atoms with Crippen molar-refractivity contribution in [1.29, 1.82) is 0 Å². The lowest BCUT2D eigenvalue weighted by Crippen LogP contribution is -2.03. The van der Waals surface area contributed by atoms with E-state index in [2.05, 4.69) is 42.2 Å². The second kappa shape index (κ2) is 5.80. The quantitative estimate of drug-likeness (QED) is 0.845. The van der Waals surface area contributed by atoms with Crippen molar-refractivity contribution < 1.29 is 4.39 Å². The molecule has 0 radical (unpaired) electrons. The Morgan fingerprint density at radius 2 is 2.06 bits per heavy atom. The molecular formula is C13H11Br2FN2. The minimum Gasteiger partial charge on any atom is -0.366 e. The number of nitrogens with one attached hydrogen (secondary N) is 1. The van der Waals surface area contributed by atoms with E-state index < -0.39 is 0 Å². The van der Waals surface area contributed by atoms with E-state index >= 15 is 0 Å². The van der Waals surface area contributed by atoms with Gasteiger partial charge in [-0.15, -0.1) is 0 Å². The van der Waals surface area contributed by atoms with Crippen molar-refractivity contribution in [2.75, 3.05) is 5.32 Å². The maximum atomic E-state index is 13.5. The number of pyridine rings is 1. The highest BCUT2D eigenvalue weighted by Gasteiger charge is 2.04. The Bertz CT molecular complexity index is 573. The fourth-order valence-electron chi connectivity index (χ4n) is 1.50. The molecule has 2 rings (SSSR count). The van der Waals surface area contributed by atoms with Crippen LogP contribution in [0.4, 0.5) is 10.2 Å². The zero-order valence-corrected chi connectivity index (χ0v) is 12.8. The molecule has 1 heterocycles. The van der Waals surface area contributed by atoms with E-state index in [1.165, 1.54) is 6.07 Å². The van der Waals surface area contributed by atoms with Crippen molar-refractivity contribution in [1.82, 2.24) is 4.98 Å². The number of nitrogens with zero attached hydrogens (tertiary/aromatic N) is 1. The summed E-state index contributed by atoms with van der Waals surface area (Å²) in [7, 11) is 0. The molecular weight excluding hydrogens is 363 g/mol. The average molecular weight is 374 g/mol. The molecule has 0 aliphatic rings. The first-order valence-electron chi connectivity index (χ1n) is 5.36. The molecule has 0 spiro atoms. The predicted molar refractivity (Wildman–Crippen MR) is 78.1 cm³/mol. The van der Waals surface area contributed by atoms with Gasteiger partial charge in [0.1, 0.15) is 11.6 Å². The van der Waals surface area contributed by atoms with Crippen molar-refractivity contribution >= 4 is 37.7 Å². The first kappa shape index (κ1) is 13.5. The van der Waals surface area contributed by atoms with Crippen LogP contribution in [0.25, 0.3) is 0 Å². The summed E-state index contributed by atoms with van der Waals surface area (Å²) >= 11 is 6.72. The van der Waals surface area contributed by atoms with Gasteiger partial charge in [-0.1, -0.05) is 15.9 Å². The maximum Gasteiger partial charge on any atom is 0.128 e. The number of halogens is 3. The third kappa shape index (κ3) is 3.29. The van der Waals surface area contributed by atoms with Crippen LogP contribution >= 0.6 is 31.9 Å². The molecule has 0 saturated carbocycles. The van der Waals surface area contributed by atoms with E-state index in [-0.39, 0.29) is 5.82 Å². The fraction of sp³-hybridized carbons (Fsp3) is 0.154. The molecule has 18 heavy (non-hydrogen) atoms. The van der Waals surface area contributed by atoms with E-state index in [9.17, 15) is 4.39 Å². The number of rotatable bonds is 3. The van der Waals surface area contributed by atoms with Crippen molar-refractivity contribution in [3.63, 3.8) is 0 Å². The zero-order chi connectivity index (χ0) is 13.1. The topological polar surface area (TPSA) is 24.9 Å². The van der Waals surface area contributed by atoms with Gasteiger partial charge in [-0.3, -0.25) is 0 Å². The standard InChI is InChI=1S/C13H11Br2FN2/c1-8-4-13(18-7-11(8)15)17-6-9-5-10(14)2-3-12(9)16/h2-5,7H,6H2,1H3,(H,17,18). The molecule has 94 valence electrons. The van der Waals surface area contributed by atoms with Crippen LogP contribution in [0.15, 0.2) is 39.4 Å². The average Bonchev–Trinajstić information content (AvgIpc) is 2.34. The van der Waals surface area contributed by atoms with Crippen LogP contribution in [0.2, 0.25) is 0 Å². The van der Waals surface area contributed by atoms with E-state index in [4.69, 9.17) is 0 Å². The first-order valence-corrected chi connectivity index (χ1v) is 6.95. The molecule has 1 N–H and O–H groups in total. The van der Waals surface area contributed by atoms with E-state index in [1.807, 2.05) is 13.0 Å². The summed E-state index contributed by atoms with van der Waals surface area (Å²) in [6.45, 7) is 2.38. The molecule has 0 atom stereocenters. The van der Waals surface area contributed by atoms with Crippen molar-refractivity contribution in [3.05, 3.63) is 56.4 Å². The van der Waals surface area contributed by atoms with Gasteiger partial charge in [-0.05, 0) is 52.7 Å². The minimum absolute atomic E-state index is 0.223. The minimum atomic E-state index is -0.223. The molecule has 1 aromatic carbocycles. The summed E-state index contributed by atoms with van der Waals surface area (Å²) < 4.78 is 15.3. The smallest absolute Gasteiger partial charge is 0.128 e. The molecule has 2 aromatic rings. The third-order valence-corrected chi connectivity index (χ3v) is 3.84. The molecule has 0 saturated heterocycles. The zero-order valence-electron chi connectivity index (χ0n) is 9.67. The SMILES string of the molecule is Cc1cc(NCc2cc(Br)ccc2F)ncc1Br. The molecule has 0 fully saturated rings. The number of benzene rings is 1. The van der Waals surface area contributed by atoms with E-state index in [0.29, 0.717) is 12.1 Å². The third-order valence-electron chi connectivity index (χ3n) is 2.51. The predicted octanol–water partition coefficient (Wildman–Crippen LogP) is 4.67. The molecule has 0 amide bonds. The number of anilines is 1. The molecule has 2 nitrogen and oxygen atoms in total. The highest BCUT2D eigenvalue weighted by Crippen LogP contribution is 2.19. The van der Waals surface area contributed by atoms with Crippen LogP contribution in [-0.2, 0) is 6.54 Å². The van der Waals surface area contributed by atoms with Gasteiger partial charge in [0.2, 0.25) is 0 Å². The van der Waals surface area contributed by atoms with Gasteiger partial charge in [0.05, 0.1) is 0 Å². The molecule has 0 aliphatic carbocycles.